The molecule has 0 radical (unpaired) electrons. The number of amides is 1. The SMILES string of the molecule is O=C(c1ccc(N2CCCC(c3ccccc3)CC2)nc1)N1CCOCC1. The fourth-order valence-electron chi connectivity index (χ4n) is 4.03. The second-order valence-electron chi connectivity index (χ2n) is 7.34. The van der Waals surface area contributed by atoms with Crippen molar-refractivity contribution in [3.05, 3.63) is 59.8 Å². The summed E-state index contributed by atoms with van der Waals surface area (Å²) in [4.78, 5) is 21.4. The lowest BCUT2D eigenvalue weighted by atomic mass is 9.92. The number of carbonyl (C=O) groups is 1. The predicted octanol–water partition coefficient (Wildman–Crippen LogP) is 3.33. The molecule has 2 saturated heterocycles. The van der Waals surface area contributed by atoms with Gasteiger partial charge in [-0.25, -0.2) is 4.98 Å². The van der Waals surface area contributed by atoms with Crippen LogP contribution in [-0.4, -0.2) is 55.2 Å². The third-order valence-corrected chi connectivity index (χ3v) is 5.62. The maximum atomic E-state index is 12.6. The zero-order valence-electron chi connectivity index (χ0n) is 15.7. The van der Waals surface area contributed by atoms with Gasteiger partial charge in [-0.05, 0) is 42.9 Å². The summed E-state index contributed by atoms with van der Waals surface area (Å²) in [5.41, 5.74) is 2.11. The Morgan fingerprint density at radius 2 is 1.78 bits per heavy atom. The molecule has 0 saturated carbocycles. The van der Waals surface area contributed by atoms with E-state index in [1.165, 1.54) is 12.0 Å². The van der Waals surface area contributed by atoms with Crippen molar-refractivity contribution in [1.29, 1.82) is 0 Å². The van der Waals surface area contributed by atoms with Gasteiger partial charge in [0.05, 0.1) is 18.8 Å². The highest BCUT2D eigenvalue weighted by molar-refractivity contribution is 5.94. The standard InChI is InChI=1S/C22H27N3O2/c26-22(25-13-15-27-16-14-25)20-8-9-21(23-17-20)24-11-4-7-19(10-12-24)18-5-2-1-3-6-18/h1-3,5-6,8-9,17,19H,4,7,10-16H2. The van der Waals surface area contributed by atoms with E-state index in [-0.39, 0.29) is 5.91 Å². The lowest BCUT2D eigenvalue weighted by Gasteiger charge is -2.27. The van der Waals surface area contributed by atoms with Crippen LogP contribution in [0.5, 0.6) is 0 Å². The molecule has 1 amide bonds. The van der Waals surface area contributed by atoms with Crippen LogP contribution in [0.4, 0.5) is 5.82 Å². The molecule has 4 rings (SSSR count). The van der Waals surface area contributed by atoms with Crippen molar-refractivity contribution in [2.24, 2.45) is 0 Å². The highest BCUT2D eigenvalue weighted by Crippen LogP contribution is 2.29. The number of pyridine rings is 1. The maximum absolute atomic E-state index is 12.6. The number of rotatable bonds is 3. The molecule has 5 nitrogen and oxygen atoms in total. The van der Waals surface area contributed by atoms with E-state index in [1.807, 2.05) is 17.0 Å². The van der Waals surface area contributed by atoms with E-state index in [9.17, 15) is 4.79 Å². The van der Waals surface area contributed by atoms with Gasteiger partial charge in [0.1, 0.15) is 5.82 Å². The van der Waals surface area contributed by atoms with Crippen LogP contribution in [0.3, 0.4) is 0 Å². The molecule has 5 heteroatoms. The molecule has 1 unspecified atom stereocenters. The summed E-state index contributed by atoms with van der Waals surface area (Å²) in [7, 11) is 0. The van der Waals surface area contributed by atoms with E-state index in [0.717, 1.165) is 31.7 Å². The minimum atomic E-state index is 0.0531. The number of morpholine rings is 1. The minimum absolute atomic E-state index is 0.0531. The Morgan fingerprint density at radius 3 is 2.52 bits per heavy atom. The van der Waals surface area contributed by atoms with Gasteiger partial charge in [-0.2, -0.15) is 0 Å². The van der Waals surface area contributed by atoms with Crippen molar-refractivity contribution in [1.82, 2.24) is 9.88 Å². The van der Waals surface area contributed by atoms with Gasteiger partial charge >= 0.3 is 0 Å². The van der Waals surface area contributed by atoms with Crippen molar-refractivity contribution < 1.29 is 9.53 Å². The summed E-state index contributed by atoms with van der Waals surface area (Å²) in [6, 6.07) is 14.7. The van der Waals surface area contributed by atoms with Crippen LogP contribution >= 0.6 is 0 Å². The third kappa shape index (κ3) is 4.30. The molecule has 3 heterocycles. The summed E-state index contributed by atoms with van der Waals surface area (Å²) in [5, 5.41) is 0. The maximum Gasteiger partial charge on any atom is 0.255 e. The first-order valence-corrected chi connectivity index (χ1v) is 9.94. The molecular weight excluding hydrogens is 338 g/mol. The Balaban J connectivity index is 1.39. The van der Waals surface area contributed by atoms with Gasteiger partial charge in [0, 0.05) is 32.4 Å². The van der Waals surface area contributed by atoms with E-state index >= 15 is 0 Å². The molecular formula is C22H27N3O2. The fraction of sp³-hybridized carbons (Fsp3) is 0.455. The van der Waals surface area contributed by atoms with Crippen LogP contribution in [0.2, 0.25) is 0 Å². The monoisotopic (exact) mass is 365 g/mol. The Morgan fingerprint density at radius 1 is 0.963 bits per heavy atom. The van der Waals surface area contributed by atoms with Gasteiger partial charge in [-0.3, -0.25) is 4.79 Å². The molecule has 0 N–H and O–H groups in total. The fourth-order valence-corrected chi connectivity index (χ4v) is 4.03. The summed E-state index contributed by atoms with van der Waals surface area (Å²) >= 11 is 0. The molecule has 2 aliphatic heterocycles. The molecule has 2 aliphatic rings. The Bertz CT molecular complexity index is 742. The van der Waals surface area contributed by atoms with Crippen molar-refractivity contribution in [2.45, 2.75) is 25.2 Å². The van der Waals surface area contributed by atoms with Crippen molar-refractivity contribution in [3.8, 4) is 0 Å². The van der Waals surface area contributed by atoms with Crippen LogP contribution < -0.4 is 4.90 Å². The van der Waals surface area contributed by atoms with E-state index < -0.39 is 0 Å². The van der Waals surface area contributed by atoms with Crippen LogP contribution in [0.25, 0.3) is 0 Å². The van der Waals surface area contributed by atoms with Crippen LogP contribution in [0.15, 0.2) is 48.7 Å². The second-order valence-corrected chi connectivity index (χ2v) is 7.34. The first kappa shape index (κ1) is 18.0. The first-order valence-electron chi connectivity index (χ1n) is 9.94. The summed E-state index contributed by atoms with van der Waals surface area (Å²) in [5.74, 6) is 1.65. The molecule has 142 valence electrons. The van der Waals surface area contributed by atoms with Crippen LogP contribution in [0, 0.1) is 0 Å². The molecule has 1 aromatic carbocycles. The van der Waals surface area contributed by atoms with Gasteiger partial charge in [0.25, 0.3) is 5.91 Å². The quantitative estimate of drug-likeness (QED) is 0.837. The smallest absolute Gasteiger partial charge is 0.255 e. The van der Waals surface area contributed by atoms with Crippen molar-refractivity contribution >= 4 is 11.7 Å². The average molecular weight is 365 g/mol. The topological polar surface area (TPSA) is 45.7 Å². The van der Waals surface area contributed by atoms with Gasteiger partial charge in [-0.15, -0.1) is 0 Å². The summed E-state index contributed by atoms with van der Waals surface area (Å²) in [6.07, 6.45) is 5.25. The van der Waals surface area contributed by atoms with E-state index in [2.05, 4.69) is 40.2 Å². The van der Waals surface area contributed by atoms with Gasteiger partial charge < -0.3 is 14.5 Å². The second kappa shape index (κ2) is 8.53. The molecule has 1 atom stereocenters. The number of benzene rings is 1. The average Bonchev–Trinajstić information content (AvgIpc) is 3.01. The van der Waals surface area contributed by atoms with E-state index in [1.54, 1.807) is 6.20 Å². The lowest BCUT2D eigenvalue weighted by molar-refractivity contribution is 0.0302. The normalized spacial score (nSPS) is 21.0. The first-order chi connectivity index (χ1) is 13.3. The number of hydrogen-bond acceptors (Lipinski definition) is 4. The van der Waals surface area contributed by atoms with E-state index in [4.69, 9.17) is 4.74 Å². The number of ether oxygens (including phenoxy) is 1. The molecule has 2 fully saturated rings. The van der Waals surface area contributed by atoms with Gasteiger partial charge in [0.15, 0.2) is 0 Å². The Kier molecular flexibility index (Phi) is 5.68. The van der Waals surface area contributed by atoms with Gasteiger partial charge in [0.2, 0.25) is 0 Å². The minimum Gasteiger partial charge on any atom is -0.378 e. The highest BCUT2D eigenvalue weighted by atomic mass is 16.5. The Labute approximate surface area is 161 Å². The molecule has 1 aromatic heterocycles. The molecule has 2 aromatic rings. The molecule has 0 aliphatic carbocycles. The number of nitrogens with zero attached hydrogens (tertiary/aromatic N) is 3. The zero-order valence-corrected chi connectivity index (χ0v) is 15.7. The van der Waals surface area contributed by atoms with E-state index in [0.29, 0.717) is 37.8 Å². The largest absolute Gasteiger partial charge is 0.378 e. The van der Waals surface area contributed by atoms with Crippen molar-refractivity contribution in [2.75, 3.05) is 44.3 Å². The highest BCUT2D eigenvalue weighted by Gasteiger charge is 2.21. The van der Waals surface area contributed by atoms with Gasteiger partial charge in [-0.1, -0.05) is 30.3 Å². The summed E-state index contributed by atoms with van der Waals surface area (Å²) in [6.45, 7) is 4.58. The molecule has 0 bridgehead atoms. The predicted molar refractivity (Wildman–Crippen MR) is 106 cm³/mol. The number of aromatic nitrogens is 1. The number of hydrogen-bond donors (Lipinski definition) is 0. The van der Waals surface area contributed by atoms with Crippen LogP contribution in [-0.2, 0) is 4.74 Å². The third-order valence-electron chi connectivity index (χ3n) is 5.62. The summed E-state index contributed by atoms with van der Waals surface area (Å²) < 4.78 is 5.32. The molecule has 0 spiro atoms. The molecule has 27 heavy (non-hydrogen) atoms. The zero-order chi connectivity index (χ0) is 18.5. The van der Waals surface area contributed by atoms with Crippen molar-refractivity contribution in [3.63, 3.8) is 0 Å². The Hall–Kier alpha value is -2.40. The number of carbonyl (C=O) groups excluding carboxylic acids is 1. The number of anilines is 1. The van der Waals surface area contributed by atoms with Crippen LogP contribution in [0.1, 0.15) is 41.1 Å². The lowest BCUT2D eigenvalue weighted by Crippen LogP contribution is -2.40.